The zero-order chi connectivity index (χ0) is 19.1. The summed E-state index contributed by atoms with van der Waals surface area (Å²) in [5, 5.41) is 2.84. The van der Waals surface area contributed by atoms with Crippen LogP contribution in [0.5, 0.6) is 5.75 Å². The summed E-state index contributed by atoms with van der Waals surface area (Å²) in [6.07, 6.45) is 0.956. The number of hydrogen-bond acceptors (Lipinski definition) is 5. The molecule has 3 rings (SSSR count). The van der Waals surface area contributed by atoms with Crippen LogP contribution in [-0.4, -0.2) is 56.8 Å². The predicted molar refractivity (Wildman–Crippen MR) is 97.8 cm³/mol. The van der Waals surface area contributed by atoms with E-state index in [0.717, 1.165) is 5.56 Å². The third kappa shape index (κ3) is 3.85. The van der Waals surface area contributed by atoms with Crippen molar-refractivity contribution in [3.8, 4) is 5.75 Å². The number of methoxy groups -OCH3 is 1. The lowest BCUT2D eigenvalue weighted by atomic mass is 10.2. The molecule has 1 saturated heterocycles. The summed E-state index contributed by atoms with van der Waals surface area (Å²) >= 11 is 0. The second-order valence-corrected chi connectivity index (χ2v) is 9.38. The normalized spacial score (nSPS) is 26.2. The van der Waals surface area contributed by atoms with E-state index in [1.165, 1.54) is 12.0 Å². The number of amides is 2. The number of anilines is 1. The Bertz CT molecular complexity index is 836. The number of ether oxygens (including phenoxy) is 1. The molecule has 0 radical (unpaired) electrons. The smallest absolute Gasteiger partial charge is 0.228 e. The first-order chi connectivity index (χ1) is 12.2. The van der Waals surface area contributed by atoms with Gasteiger partial charge in [-0.3, -0.25) is 9.59 Å². The lowest BCUT2D eigenvalue weighted by Gasteiger charge is -2.23. The molecule has 1 aliphatic heterocycles. The van der Waals surface area contributed by atoms with Crippen molar-refractivity contribution < 1.29 is 22.7 Å². The van der Waals surface area contributed by atoms with E-state index in [9.17, 15) is 18.0 Å². The Labute approximate surface area is 153 Å². The number of carbonyl (C=O) groups is 2. The van der Waals surface area contributed by atoms with Crippen molar-refractivity contribution in [2.24, 2.45) is 11.8 Å². The topological polar surface area (TPSA) is 92.8 Å². The van der Waals surface area contributed by atoms with Crippen molar-refractivity contribution >= 4 is 27.3 Å². The van der Waals surface area contributed by atoms with Gasteiger partial charge in [0.1, 0.15) is 5.75 Å². The molecule has 0 spiro atoms. The first-order valence-electron chi connectivity index (χ1n) is 8.64. The molecule has 26 heavy (non-hydrogen) atoms. The zero-order valence-electron chi connectivity index (χ0n) is 15.2. The van der Waals surface area contributed by atoms with Crippen molar-refractivity contribution in [1.29, 1.82) is 0 Å². The number of carbonyl (C=O) groups excluding carboxylic acids is 2. The summed E-state index contributed by atoms with van der Waals surface area (Å²) < 4.78 is 28.5. The van der Waals surface area contributed by atoms with Gasteiger partial charge in [0, 0.05) is 13.1 Å². The number of aryl methyl sites for hydroxylation is 1. The fraction of sp³-hybridized carbons (Fsp3) is 0.556. The zero-order valence-corrected chi connectivity index (χ0v) is 16.0. The van der Waals surface area contributed by atoms with Crippen LogP contribution in [-0.2, 0) is 19.4 Å². The SMILES string of the molecule is COc1ccc(C)cc1NC(=O)C1CC1C(=O)N(C)C1CCS(=O)(=O)C1. The number of benzene rings is 1. The summed E-state index contributed by atoms with van der Waals surface area (Å²) in [5.74, 6) is -0.410. The minimum Gasteiger partial charge on any atom is -0.495 e. The summed E-state index contributed by atoms with van der Waals surface area (Å²) in [5.41, 5.74) is 1.58. The Morgan fingerprint density at radius 3 is 2.62 bits per heavy atom. The van der Waals surface area contributed by atoms with Crippen LogP contribution in [0.15, 0.2) is 18.2 Å². The molecule has 1 aromatic rings. The summed E-state index contributed by atoms with van der Waals surface area (Å²) in [4.78, 5) is 26.6. The number of nitrogens with one attached hydrogen (secondary N) is 1. The van der Waals surface area contributed by atoms with Crippen LogP contribution in [0, 0.1) is 18.8 Å². The van der Waals surface area contributed by atoms with Gasteiger partial charge in [-0.05, 0) is 37.5 Å². The summed E-state index contributed by atoms with van der Waals surface area (Å²) in [6.45, 7) is 1.92. The number of sulfone groups is 1. The summed E-state index contributed by atoms with van der Waals surface area (Å²) in [6, 6.07) is 5.22. The highest BCUT2D eigenvalue weighted by Crippen LogP contribution is 2.42. The van der Waals surface area contributed by atoms with Crippen molar-refractivity contribution in [3.63, 3.8) is 0 Å². The minimum atomic E-state index is -3.05. The quantitative estimate of drug-likeness (QED) is 0.829. The fourth-order valence-electron chi connectivity index (χ4n) is 3.42. The number of hydrogen-bond donors (Lipinski definition) is 1. The van der Waals surface area contributed by atoms with Crippen molar-refractivity contribution in [1.82, 2.24) is 4.90 Å². The number of nitrogens with zero attached hydrogens (tertiary/aromatic N) is 1. The van der Waals surface area contributed by atoms with Gasteiger partial charge in [0.15, 0.2) is 9.84 Å². The molecule has 3 atom stereocenters. The van der Waals surface area contributed by atoms with Gasteiger partial charge in [0.25, 0.3) is 0 Å². The monoisotopic (exact) mass is 380 g/mol. The van der Waals surface area contributed by atoms with Crippen LogP contribution in [0.3, 0.4) is 0 Å². The average Bonchev–Trinajstić information content (AvgIpc) is 3.31. The second kappa shape index (κ2) is 6.90. The van der Waals surface area contributed by atoms with Gasteiger partial charge in [0.05, 0.1) is 36.1 Å². The first-order valence-corrected chi connectivity index (χ1v) is 10.5. The van der Waals surface area contributed by atoms with Crippen LogP contribution in [0.25, 0.3) is 0 Å². The Balaban J connectivity index is 1.60. The molecule has 1 aromatic carbocycles. The molecule has 1 N–H and O–H groups in total. The highest BCUT2D eigenvalue weighted by molar-refractivity contribution is 7.91. The second-order valence-electron chi connectivity index (χ2n) is 7.15. The molecule has 2 amide bonds. The van der Waals surface area contributed by atoms with Gasteiger partial charge in [-0.2, -0.15) is 0 Å². The van der Waals surface area contributed by atoms with Crippen molar-refractivity contribution in [2.75, 3.05) is 31.0 Å². The maximum absolute atomic E-state index is 12.6. The van der Waals surface area contributed by atoms with E-state index >= 15 is 0 Å². The van der Waals surface area contributed by atoms with Gasteiger partial charge in [-0.1, -0.05) is 6.07 Å². The highest BCUT2D eigenvalue weighted by atomic mass is 32.2. The molecule has 1 saturated carbocycles. The predicted octanol–water partition coefficient (Wildman–Crippen LogP) is 1.22. The van der Waals surface area contributed by atoms with Crippen LogP contribution < -0.4 is 10.1 Å². The lowest BCUT2D eigenvalue weighted by Crippen LogP contribution is -2.39. The maximum atomic E-state index is 12.6. The van der Waals surface area contributed by atoms with E-state index in [2.05, 4.69) is 5.32 Å². The lowest BCUT2D eigenvalue weighted by molar-refractivity contribution is -0.134. The largest absolute Gasteiger partial charge is 0.495 e. The van der Waals surface area contributed by atoms with Crippen LogP contribution >= 0.6 is 0 Å². The first kappa shape index (κ1) is 18.7. The molecule has 2 aliphatic rings. The molecular weight excluding hydrogens is 356 g/mol. The van der Waals surface area contributed by atoms with Gasteiger partial charge in [0.2, 0.25) is 11.8 Å². The summed E-state index contributed by atoms with van der Waals surface area (Å²) in [7, 11) is 0.117. The molecule has 142 valence electrons. The van der Waals surface area contributed by atoms with Crippen LogP contribution in [0.4, 0.5) is 5.69 Å². The minimum absolute atomic E-state index is 0.0132. The van der Waals surface area contributed by atoms with Crippen molar-refractivity contribution in [3.05, 3.63) is 23.8 Å². The average molecular weight is 380 g/mol. The maximum Gasteiger partial charge on any atom is 0.228 e. The molecule has 2 fully saturated rings. The van der Waals surface area contributed by atoms with E-state index in [4.69, 9.17) is 4.74 Å². The van der Waals surface area contributed by atoms with Gasteiger partial charge in [-0.25, -0.2) is 8.42 Å². The Kier molecular flexibility index (Phi) is 4.96. The van der Waals surface area contributed by atoms with Crippen LogP contribution in [0.2, 0.25) is 0 Å². The molecule has 0 aromatic heterocycles. The molecular formula is C18H24N2O5S. The Morgan fingerprint density at radius 1 is 1.27 bits per heavy atom. The van der Waals surface area contributed by atoms with E-state index in [0.29, 0.717) is 24.3 Å². The Hall–Kier alpha value is -2.09. The Morgan fingerprint density at radius 2 is 2.00 bits per heavy atom. The molecule has 1 aliphatic carbocycles. The molecule has 7 nitrogen and oxygen atoms in total. The van der Waals surface area contributed by atoms with E-state index in [1.54, 1.807) is 13.1 Å². The van der Waals surface area contributed by atoms with Crippen LogP contribution in [0.1, 0.15) is 18.4 Å². The third-order valence-corrected chi connectivity index (χ3v) is 6.91. The van der Waals surface area contributed by atoms with E-state index < -0.39 is 9.84 Å². The van der Waals surface area contributed by atoms with Gasteiger partial charge in [-0.15, -0.1) is 0 Å². The van der Waals surface area contributed by atoms with Gasteiger partial charge < -0.3 is 15.0 Å². The van der Waals surface area contributed by atoms with E-state index in [-0.39, 0.29) is 41.2 Å². The number of rotatable bonds is 5. The molecule has 0 bridgehead atoms. The molecule has 3 unspecified atom stereocenters. The van der Waals surface area contributed by atoms with E-state index in [1.807, 2.05) is 19.1 Å². The fourth-order valence-corrected chi connectivity index (χ4v) is 5.20. The molecule has 8 heteroatoms. The highest BCUT2D eigenvalue weighted by Gasteiger charge is 2.50. The van der Waals surface area contributed by atoms with Crippen molar-refractivity contribution in [2.45, 2.75) is 25.8 Å². The third-order valence-electron chi connectivity index (χ3n) is 5.16. The van der Waals surface area contributed by atoms with Gasteiger partial charge >= 0.3 is 0 Å². The standard InChI is InChI=1S/C18H24N2O5S/c1-11-4-5-16(25-3)15(8-11)19-17(21)13-9-14(13)18(22)20(2)12-6-7-26(23,24)10-12/h4-5,8,12-14H,6-7,9-10H2,1-3H3,(H,19,21). The molecule has 1 heterocycles.